The maximum absolute atomic E-state index is 9.42. The molecule has 0 radical (unpaired) electrons. The topological polar surface area (TPSA) is 20.2 Å². The van der Waals surface area contributed by atoms with E-state index in [0.717, 1.165) is 17.9 Å². The van der Waals surface area contributed by atoms with Crippen LogP contribution in [-0.2, 0) is 6.42 Å². The highest BCUT2D eigenvalue weighted by atomic mass is 35.5. The molecule has 0 amide bonds. The normalized spacial score (nSPS) is 20.4. The standard InChI is InChI=1S/C13H17ClO/c1-13(2,8-15)12-6-4-9-3-5-10(14)7-11(9)12/h3,5,7,12,15H,4,6,8H2,1-2H3. The van der Waals surface area contributed by atoms with Crippen LogP contribution in [0.5, 0.6) is 0 Å². The molecule has 0 fully saturated rings. The predicted molar refractivity (Wildman–Crippen MR) is 63.4 cm³/mol. The van der Waals surface area contributed by atoms with E-state index < -0.39 is 0 Å². The molecule has 1 N–H and O–H groups in total. The molecule has 82 valence electrons. The third-order valence-electron chi connectivity index (χ3n) is 3.54. The molecule has 1 aromatic carbocycles. The second-order valence-electron chi connectivity index (χ2n) is 5.08. The number of hydrogen-bond donors (Lipinski definition) is 1. The van der Waals surface area contributed by atoms with Crippen molar-refractivity contribution >= 4 is 11.6 Å². The number of aliphatic hydroxyl groups excluding tert-OH is 1. The molecule has 1 atom stereocenters. The van der Waals surface area contributed by atoms with Gasteiger partial charge in [-0.05, 0) is 47.4 Å². The molecule has 0 heterocycles. The van der Waals surface area contributed by atoms with E-state index in [1.54, 1.807) is 0 Å². The van der Waals surface area contributed by atoms with Crippen molar-refractivity contribution in [2.45, 2.75) is 32.6 Å². The fraction of sp³-hybridized carbons (Fsp3) is 0.538. The number of hydrogen-bond acceptors (Lipinski definition) is 1. The SMILES string of the molecule is CC(C)(CO)C1CCc2ccc(Cl)cc21. The lowest BCUT2D eigenvalue weighted by molar-refractivity contribution is 0.130. The van der Waals surface area contributed by atoms with Gasteiger partial charge < -0.3 is 5.11 Å². The summed E-state index contributed by atoms with van der Waals surface area (Å²) in [5.41, 5.74) is 2.68. The van der Waals surface area contributed by atoms with Crippen LogP contribution in [0.3, 0.4) is 0 Å². The molecule has 1 aromatic rings. The largest absolute Gasteiger partial charge is 0.396 e. The van der Waals surface area contributed by atoms with Crippen LogP contribution in [0.1, 0.15) is 37.3 Å². The third-order valence-corrected chi connectivity index (χ3v) is 3.77. The second kappa shape index (κ2) is 3.80. The zero-order valence-electron chi connectivity index (χ0n) is 9.26. The van der Waals surface area contributed by atoms with Crippen molar-refractivity contribution in [1.29, 1.82) is 0 Å². The number of aliphatic hydroxyl groups is 1. The van der Waals surface area contributed by atoms with Gasteiger partial charge in [-0.3, -0.25) is 0 Å². The van der Waals surface area contributed by atoms with Crippen molar-refractivity contribution in [1.82, 2.24) is 0 Å². The first-order chi connectivity index (χ1) is 7.04. The Morgan fingerprint density at radius 1 is 1.47 bits per heavy atom. The molecule has 1 aliphatic carbocycles. The van der Waals surface area contributed by atoms with Crippen LogP contribution in [0.4, 0.5) is 0 Å². The van der Waals surface area contributed by atoms with Crippen LogP contribution in [0, 0.1) is 5.41 Å². The molecular weight excluding hydrogens is 208 g/mol. The summed E-state index contributed by atoms with van der Waals surface area (Å²) in [6.45, 7) is 4.46. The van der Waals surface area contributed by atoms with Crippen molar-refractivity contribution in [3.8, 4) is 0 Å². The Labute approximate surface area is 96.1 Å². The minimum Gasteiger partial charge on any atom is -0.396 e. The molecule has 0 spiro atoms. The number of rotatable bonds is 2. The van der Waals surface area contributed by atoms with E-state index in [0.29, 0.717) is 5.92 Å². The Hall–Kier alpha value is -0.530. The molecular formula is C13H17ClO. The summed E-state index contributed by atoms with van der Waals surface area (Å²) in [4.78, 5) is 0. The fourth-order valence-corrected chi connectivity index (χ4v) is 2.68. The smallest absolute Gasteiger partial charge is 0.0487 e. The summed E-state index contributed by atoms with van der Waals surface area (Å²) in [7, 11) is 0. The van der Waals surface area contributed by atoms with Crippen LogP contribution in [-0.4, -0.2) is 11.7 Å². The monoisotopic (exact) mass is 224 g/mol. The highest BCUT2D eigenvalue weighted by Gasteiger charge is 2.35. The van der Waals surface area contributed by atoms with Crippen LogP contribution >= 0.6 is 11.6 Å². The quantitative estimate of drug-likeness (QED) is 0.817. The molecule has 0 aliphatic heterocycles. The van der Waals surface area contributed by atoms with Gasteiger partial charge in [-0.1, -0.05) is 31.5 Å². The third kappa shape index (κ3) is 1.91. The van der Waals surface area contributed by atoms with E-state index in [1.807, 2.05) is 6.07 Å². The van der Waals surface area contributed by atoms with E-state index in [-0.39, 0.29) is 12.0 Å². The maximum Gasteiger partial charge on any atom is 0.0487 e. The first-order valence-corrected chi connectivity index (χ1v) is 5.81. The number of aryl methyl sites for hydroxylation is 1. The Balaban J connectivity index is 2.39. The van der Waals surface area contributed by atoms with Crippen molar-refractivity contribution in [2.75, 3.05) is 6.61 Å². The molecule has 15 heavy (non-hydrogen) atoms. The van der Waals surface area contributed by atoms with Gasteiger partial charge in [0.25, 0.3) is 0 Å². The van der Waals surface area contributed by atoms with Gasteiger partial charge in [-0.2, -0.15) is 0 Å². The van der Waals surface area contributed by atoms with Gasteiger partial charge in [0, 0.05) is 11.6 Å². The summed E-state index contributed by atoms with van der Waals surface area (Å²) < 4.78 is 0. The molecule has 1 unspecified atom stereocenters. The molecule has 0 aromatic heterocycles. The highest BCUT2D eigenvalue weighted by molar-refractivity contribution is 6.30. The van der Waals surface area contributed by atoms with E-state index in [2.05, 4.69) is 26.0 Å². The van der Waals surface area contributed by atoms with E-state index in [1.165, 1.54) is 11.1 Å². The van der Waals surface area contributed by atoms with Crippen LogP contribution in [0.15, 0.2) is 18.2 Å². The van der Waals surface area contributed by atoms with Gasteiger partial charge in [0.2, 0.25) is 0 Å². The van der Waals surface area contributed by atoms with Gasteiger partial charge in [0.1, 0.15) is 0 Å². The van der Waals surface area contributed by atoms with E-state index >= 15 is 0 Å². The minimum atomic E-state index is -0.0457. The summed E-state index contributed by atoms with van der Waals surface area (Å²) in [5, 5.41) is 10.2. The minimum absolute atomic E-state index is 0.0457. The van der Waals surface area contributed by atoms with Crippen molar-refractivity contribution < 1.29 is 5.11 Å². The second-order valence-corrected chi connectivity index (χ2v) is 5.52. The van der Waals surface area contributed by atoms with Crippen molar-refractivity contribution in [3.63, 3.8) is 0 Å². The van der Waals surface area contributed by atoms with Gasteiger partial charge in [0.05, 0.1) is 0 Å². The van der Waals surface area contributed by atoms with Gasteiger partial charge in [0.15, 0.2) is 0 Å². The summed E-state index contributed by atoms with van der Waals surface area (Å²) in [5.74, 6) is 0.441. The van der Waals surface area contributed by atoms with Crippen LogP contribution < -0.4 is 0 Å². The van der Waals surface area contributed by atoms with Crippen molar-refractivity contribution in [3.05, 3.63) is 34.3 Å². The van der Waals surface area contributed by atoms with Crippen LogP contribution in [0.25, 0.3) is 0 Å². The average Bonchev–Trinajstić information content (AvgIpc) is 2.61. The summed E-state index contributed by atoms with van der Waals surface area (Å²) in [6, 6.07) is 6.13. The van der Waals surface area contributed by atoms with Gasteiger partial charge in [-0.25, -0.2) is 0 Å². The lowest BCUT2D eigenvalue weighted by atomic mass is 9.76. The Morgan fingerprint density at radius 3 is 2.87 bits per heavy atom. The van der Waals surface area contributed by atoms with Crippen molar-refractivity contribution in [2.24, 2.45) is 5.41 Å². The first kappa shape index (κ1) is 11.0. The Morgan fingerprint density at radius 2 is 2.20 bits per heavy atom. The number of benzene rings is 1. The first-order valence-electron chi connectivity index (χ1n) is 5.44. The molecule has 0 saturated carbocycles. The lowest BCUT2D eigenvalue weighted by Crippen LogP contribution is -2.24. The highest BCUT2D eigenvalue weighted by Crippen LogP contribution is 2.45. The lowest BCUT2D eigenvalue weighted by Gasteiger charge is -2.30. The van der Waals surface area contributed by atoms with E-state index in [9.17, 15) is 5.11 Å². The maximum atomic E-state index is 9.42. The van der Waals surface area contributed by atoms with Gasteiger partial charge >= 0.3 is 0 Å². The molecule has 1 aliphatic rings. The molecule has 0 bridgehead atoms. The predicted octanol–water partition coefficient (Wildman–Crippen LogP) is 3.39. The van der Waals surface area contributed by atoms with Gasteiger partial charge in [-0.15, -0.1) is 0 Å². The zero-order valence-corrected chi connectivity index (χ0v) is 10.0. The number of halogens is 1. The summed E-state index contributed by atoms with van der Waals surface area (Å²) >= 11 is 6.02. The molecule has 2 rings (SSSR count). The Kier molecular flexibility index (Phi) is 2.78. The number of fused-ring (bicyclic) bond motifs is 1. The molecule has 1 nitrogen and oxygen atoms in total. The zero-order chi connectivity index (χ0) is 11.1. The fourth-order valence-electron chi connectivity index (χ4n) is 2.50. The Bertz CT molecular complexity index is 371. The average molecular weight is 225 g/mol. The molecule has 2 heteroatoms. The van der Waals surface area contributed by atoms with Crippen LogP contribution in [0.2, 0.25) is 5.02 Å². The van der Waals surface area contributed by atoms with E-state index in [4.69, 9.17) is 11.6 Å². The molecule has 0 saturated heterocycles. The summed E-state index contributed by atoms with van der Waals surface area (Å²) in [6.07, 6.45) is 2.24.